The van der Waals surface area contributed by atoms with E-state index in [9.17, 15) is 19.6 Å². The number of phosphoric ester groups is 1. The number of nitrogens with two attached hydrogens (primary N) is 1. The molecule has 4 atom stereocenters. The molecule has 0 bridgehead atoms. The van der Waals surface area contributed by atoms with E-state index in [4.69, 9.17) is 20.3 Å². The van der Waals surface area contributed by atoms with Crippen molar-refractivity contribution < 1.29 is 39.3 Å². The topological polar surface area (TPSA) is 238 Å². The Bertz CT molecular complexity index is 868. The fourth-order valence-electron chi connectivity index (χ4n) is 2.40. The number of imidazole rings is 1. The van der Waals surface area contributed by atoms with Gasteiger partial charge in [0.15, 0.2) is 34.8 Å². The number of rotatable bonds is 4. The lowest BCUT2D eigenvalue weighted by molar-refractivity contribution is -0.0503. The molecule has 9 N–H and O–H groups in total. The Hall–Kier alpha value is -1.37. The Morgan fingerprint density at radius 2 is 2.04 bits per heavy atom. The molecule has 1 aliphatic rings. The monoisotopic (exact) mass is 411 g/mol. The lowest BCUT2D eigenvalue weighted by Gasteiger charge is -2.16. The van der Waals surface area contributed by atoms with Crippen LogP contribution < -0.4 is 11.3 Å². The summed E-state index contributed by atoms with van der Waals surface area (Å²) in [6, 6.07) is 0. The highest BCUT2D eigenvalue weighted by atomic mass is 31.2. The Labute approximate surface area is 155 Å². The lowest BCUT2D eigenvalue weighted by atomic mass is 10.1. The summed E-state index contributed by atoms with van der Waals surface area (Å²) in [5.74, 6) is -0.177. The number of aromatic nitrogens is 4. The van der Waals surface area contributed by atoms with Gasteiger partial charge in [-0.15, -0.1) is 0 Å². The maximum Gasteiger partial charge on any atom is 0.469 e. The fourth-order valence-corrected chi connectivity index (χ4v) is 2.74. The van der Waals surface area contributed by atoms with Crippen LogP contribution in [0.5, 0.6) is 0 Å². The molecule has 14 nitrogen and oxygen atoms in total. The highest BCUT2D eigenvalue weighted by Gasteiger charge is 2.45. The zero-order valence-corrected chi connectivity index (χ0v) is 13.3. The Morgan fingerprint density at radius 3 is 2.65 bits per heavy atom. The number of aliphatic hydroxyl groups is 2. The summed E-state index contributed by atoms with van der Waals surface area (Å²) in [5, 5.41) is 20.1. The van der Waals surface area contributed by atoms with Gasteiger partial charge < -0.3 is 35.9 Å². The molecular formula is C10H19AlN5O9P. The minimum Gasteiger partial charge on any atom is -0.412 e. The minimum absolute atomic E-state index is 0. The Morgan fingerprint density at radius 1 is 1.38 bits per heavy atom. The Kier molecular flexibility index (Phi) is 7.07. The van der Waals surface area contributed by atoms with Crippen LogP contribution in [0.2, 0.25) is 0 Å². The van der Waals surface area contributed by atoms with Crippen LogP contribution in [0.25, 0.3) is 11.2 Å². The van der Waals surface area contributed by atoms with Gasteiger partial charge in [-0.3, -0.25) is 18.9 Å². The molecule has 2 aromatic rings. The number of hydrogen-bond donors (Lipinski definition) is 6. The first-order valence-corrected chi connectivity index (χ1v) is 8.14. The van der Waals surface area contributed by atoms with Gasteiger partial charge in [0.25, 0.3) is 5.56 Å². The second kappa shape index (κ2) is 8.11. The predicted octanol–water partition coefficient (Wildman–Crippen LogP) is -4.58. The van der Waals surface area contributed by atoms with Gasteiger partial charge in [0.2, 0.25) is 5.95 Å². The number of nitrogens with zero attached hydrogens (tertiary/aromatic N) is 3. The first-order chi connectivity index (χ1) is 11.2. The number of hydrogen-bond acceptors (Lipinski definition) is 9. The largest absolute Gasteiger partial charge is 0.469 e. The van der Waals surface area contributed by atoms with Crippen LogP contribution in [0.15, 0.2) is 11.1 Å². The van der Waals surface area contributed by atoms with Crippen molar-refractivity contribution in [2.75, 3.05) is 12.3 Å². The predicted molar refractivity (Wildman–Crippen MR) is 90.0 cm³/mol. The van der Waals surface area contributed by atoms with Crippen LogP contribution >= 0.6 is 7.82 Å². The average Bonchev–Trinajstić information content (AvgIpc) is 3.00. The van der Waals surface area contributed by atoms with Crippen LogP contribution in [0, 0.1) is 0 Å². The van der Waals surface area contributed by atoms with E-state index in [1.165, 1.54) is 10.9 Å². The number of phosphoric acid groups is 1. The van der Waals surface area contributed by atoms with Crippen LogP contribution in [0.4, 0.5) is 5.95 Å². The molecule has 1 fully saturated rings. The molecular weight excluding hydrogens is 392 g/mol. The zero-order chi connectivity index (χ0) is 17.6. The van der Waals surface area contributed by atoms with E-state index in [0.29, 0.717) is 0 Å². The van der Waals surface area contributed by atoms with E-state index in [-0.39, 0.29) is 39.9 Å². The number of fused-ring (bicyclic) bond motifs is 1. The number of aromatic amines is 1. The lowest BCUT2D eigenvalue weighted by Crippen LogP contribution is -2.33. The molecule has 0 amide bonds. The molecule has 0 unspecified atom stereocenters. The van der Waals surface area contributed by atoms with E-state index >= 15 is 0 Å². The van der Waals surface area contributed by atoms with E-state index in [2.05, 4.69) is 19.5 Å². The van der Waals surface area contributed by atoms with Crippen molar-refractivity contribution in [1.82, 2.24) is 19.5 Å². The molecule has 1 saturated heterocycles. The van der Waals surface area contributed by atoms with Crippen LogP contribution in [0.3, 0.4) is 0 Å². The summed E-state index contributed by atoms with van der Waals surface area (Å²) >= 11 is 0. The second-order valence-corrected chi connectivity index (χ2v) is 6.35. The maximum absolute atomic E-state index is 11.7. The third-order valence-corrected chi connectivity index (χ3v) is 3.95. The Balaban J connectivity index is 0.00000169. The van der Waals surface area contributed by atoms with Gasteiger partial charge in [0, 0.05) is 0 Å². The molecule has 3 heterocycles. The number of nitrogens with one attached hydrogen (secondary N) is 1. The summed E-state index contributed by atoms with van der Waals surface area (Å²) in [6.45, 7) is -0.651. The summed E-state index contributed by atoms with van der Waals surface area (Å²) in [6.07, 6.45) is -4.22. The van der Waals surface area contributed by atoms with Gasteiger partial charge in [-0.05, 0) is 0 Å². The standard InChI is InChI=1S/C10H14N5O8P.Al.H2O.3H/c11-10-13-7-4(8(18)14-10)12-2-15(7)9-6(17)5(16)3(23-9)1-22-24(19,20)21;;;;;/h2-3,5-6,9,16-17H,1H2,(H2,19,20,21)(H3,11,13,14,18);;1H2;;;/t3-,5-,6-,9-;;;;;/m1...../s1. The molecule has 16 heteroatoms. The number of H-pyrrole nitrogens is 1. The van der Waals surface area contributed by atoms with Gasteiger partial charge in [-0.25, -0.2) is 9.55 Å². The third kappa shape index (κ3) is 4.30. The van der Waals surface area contributed by atoms with Crippen molar-refractivity contribution in [1.29, 1.82) is 0 Å². The fraction of sp³-hybridized carbons (Fsp3) is 0.500. The molecule has 0 aliphatic carbocycles. The zero-order valence-electron chi connectivity index (χ0n) is 12.4. The minimum atomic E-state index is -4.76. The van der Waals surface area contributed by atoms with Gasteiger partial charge in [-0.2, -0.15) is 4.98 Å². The summed E-state index contributed by atoms with van der Waals surface area (Å²) in [5.41, 5.74) is 4.84. The van der Waals surface area contributed by atoms with E-state index in [1.807, 2.05) is 0 Å². The smallest absolute Gasteiger partial charge is 0.412 e. The second-order valence-electron chi connectivity index (χ2n) is 5.11. The van der Waals surface area contributed by atoms with Gasteiger partial charge in [0.05, 0.1) is 12.9 Å². The molecule has 0 radical (unpaired) electrons. The third-order valence-electron chi connectivity index (χ3n) is 3.47. The molecule has 146 valence electrons. The highest BCUT2D eigenvalue weighted by Crippen LogP contribution is 2.38. The van der Waals surface area contributed by atoms with Gasteiger partial charge in [-0.1, -0.05) is 0 Å². The van der Waals surface area contributed by atoms with Gasteiger partial charge >= 0.3 is 7.82 Å². The summed E-state index contributed by atoms with van der Waals surface area (Å²) in [4.78, 5) is 39.1. The highest BCUT2D eigenvalue weighted by molar-refractivity contribution is 7.46. The van der Waals surface area contributed by atoms with Crippen LogP contribution in [0.1, 0.15) is 6.23 Å². The summed E-state index contributed by atoms with van der Waals surface area (Å²) < 4.78 is 21.6. The van der Waals surface area contributed by atoms with Gasteiger partial charge in [0.1, 0.15) is 18.3 Å². The molecule has 0 spiro atoms. The molecule has 0 aromatic carbocycles. The van der Waals surface area contributed by atoms with Crippen molar-refractivity contribution in [3.8, 4) is 0 Å². The van der Waals surface area contributed by atoms with Crippen molar-refractivity contribution >= 4 is 42.3 Å². The summed E-state index contributed by atoms with van der Waals surface area (Å²) in [7, 11) is -4.76. The maximum atomic E-state index is 11.7. The van der Waals surface area contributed by atoms with Crippen molar-refractivity contribution in [2.45, 2.75) is 24.5 Å². The van der Waals surface area contributed by atoms with Crippen molar-refractivity contribution in [3.63, 3.8) is 0 Å². The normalized spacial score (nSPS) is 25.7. The van der Waals surface area contributed by atoms with E-state index < -0.39 is 44.5 Å². The first-order valence-electron chi connectivity index (χ1n) is 6.61. The quantitative estimate of drug-likeness (QED) is 0.207. The molecule has 3 rings (SSSR count). The van der Waals surface area contributed by atoms with Crippen LogP contribution in [-0.4, -0.2) is 87.3 Å². The van der Waals surface area contributed by atoms with E-state index in [0.717, 1.165) is 0 Å². The molecule has 1 aliphatic heterocycles. The molecule has 26 heavy (non-hydrogen) atoms. The number of nitrogen functional groups attached to an aromatic ring is 1. The van der Waals surface area contributed by atoms with Crippen molar-refractivity contribution in [3.05, 3.63) is 16.7 Å². The number of anilines is 1. The first kappa shape index (κ1) is 22.7. The van der Waals surface area contributed by atoms with Crippen molar-refractivity contribution in [2.24, 2.45) is 0 Å². The van der Waals surface area contributed by atoms with Crippen LogP contribution in [-0.2, 0) is 13.8 Å². The SMILES string of the molecule is Nc1nc2c(ncn2[C@@H]2O[C@H](COP(=O)(O)O)[C@@H](O)[C@H]2O)c(=O)[nH]1.O.[AlH3]. The number of aliphatic hydroxyl groups excluding tert-OH is 2. The molecule has 2 aromatic heterocycles. The number of ether oxygens (including phenoxy) is 1. The van der Waals surface area contributed by atoms with E-state index in [1.54, 1.807) is 0 Å². The molecule has 0 saturated carbocycles. The average molecular weight is 411 g/mol.